The second-order valence-corrected chi connectivity index (χ2v) is 3.04. The quantitative estimate of drug-likeness (QED) is 0.191. The van der Waals surface area contributed by atoms with E-state index in [-0.39, 0.29) is 5.71 Å². The molecule has 86 valence electrons. The van der Waals surface area contributed by atoms with Gasteiger partial charge in [-0.1, -0.05) is 0 Å². The van der Waals surface area contributed by atoms with Crippen molar-refractivity contribution in [3.63, 3.8) is 0 Å². The van der Waals surface area contributed by atoms with Gasteiger partial charge in [-0.05, 0) is 30.3 Å². The van der Waals surface area contributed by atoms with Crippen LogP contribution in [0.25, 0.3) is 5.53 Å². The molecule has 0 unspecified atom stereocenters. The van der Waals surface area contributed by atoms with Gasteiger partial charge in [0.2, 0.25) is 0 Å². The lowest BCUT2D eigenvalue weighted by atomic mass is 10.1. The van der Waals surface area contributed by atoms with Gasteiger partial charge in [0.15, 0.2) is 0 Å². The lowest BCUT2D eigenvalue weighted by Gasteiger charge is -1.99. The molecule has 0 radical (unpaired) electrons. The fourth-order valence-corrected chi connectivity index (χ4v) is 1.18. The lowest BCUT2D eigenvalue weighted by Crippen LogP contribution is -2.12. The molecule has 0 saturated heterocycles. The Morgan fingerprint density at radius 2 is 2.00 bits per heavy atom. The summed E-state index contributed by atoms with van der Waals surface area (Å²) in [4.78, 5) is 24.7. The highest BCUT2D eigenvalue weighted by molar-refractivity contribution is 6.47. The predicted octanol–water partition coefficient (Wildman–Crippen LogP) is 1.30. The normalized spacial score (nSPS) is 9.71. The van der Waals surface area contributed by atoms with Crippen molar-refractivity contribution in [2.45, 2.75) is 0 Å². The number of Topliss-reactive ketones (excluding diaryl/α,β-unsaturated/α-hetero) is 1. The van der Waals surface area contributed by atoms with E-state index in [1.807, 2.05) is 0 Å². The second-order valence-electron chi connectivity index (χ2n) is 3.04. The average molecular weight is 230 g/mol. The van der Waals surface area contributed by atoms with Crippen molar-refractivity contribution in [3.8, 4) is 5.75 Å². The standard InChI is InChI=1S/C12H10N2O3/c1-17-10-6-4-9(5-7-10)12(16)11(14-13)3-2-8-15/h2-8H,1H3/b3-2+. The summed E-state index contributed by atoms with van der Waals surface area (Å²) in [5.41, 5.74) is 8.80. The first-order valence-electron chi connectivity index (χ1n) is 4.75. The fourth-order valence-electron chi connectivity index (χ4n) is 1.18. The van der Waals surface area contributed by atoms with E-state index in [4.69, 9.17) is 10.3 Å². The summed E-state index contributed by atoms with van der Waals surface area (Å²) in [5, 5.41) is 0. The molecule has 17 heavy (non-hydrogen) atoms. The van der Waals surface area contributed by atoms with Crippen molar-refractivity contribution in [2.24, 2.45) is 0 Å². The van der Waals surface area contributed by atoms with Crippen molar-refractivity contribution in [3.05, 3.63) is 47.5 Å². The Morgan fingerprint density at radius 3 is 2.47 bits per heavy atom. The van der Waals surface area contributed by atoms with E-state index >= 15 is 0 Å². The Kier molecular flexibility index (Phi) is 4.54. The van der Waals surface area contributed by atoms with Crippen LogP contribution in [0, 0.1) is 0 Å². The molecule has 0 saturated carbocycles. The molecule has 0 amide bonds. The summed E-state index contributed by atoms with van der Waals surface area (Å²) in [6.45, 7) is 0. The van der Waals surface area contributed by atoms with Gasteiger partial charge in [-0.15, -0.1) is 0 Å². The molecule has 1 aromatic carbocycles. The van der Waals surface area contributed by atoms with Gasteiger partial charge in [0.05, 0.1) is 7.11 Å². The van der Waals surface area contributed by atoms with Crippen LogP contribution in [0.4, 0.5) is 0 Å². The van der Waals surface area contributed by atoms with E-state index in [1.165, 1.54) is 7.11 Å². The number of carbonyl (C=O) groups excluding carboxylic acids is 2. The number of ketones is 1. The molecule has 0 aromatic heterocycles. The highest BCUT2D eigenvalue weighted by Crippen LogP contribution is 2.12. The molecule has 5 nitrogen and oxygen atoms in total. The molecule has 5 heteroatoms. The van der Waals surface area contributed by atoms with Gasteiger partial charge in [0, 0.05) is 11.6 Å². The Balaban J connectivity index is 2.98. The molecule has 0 fully saturated rings. The number of rotatable bonds is 5. The van der Waals surface area contributed by atoms with E-state index in [0.29, 0.717) is 17.6 Å². The minimum absolute atomic E-state index is 0.206. The third-order valence-electron chi connectivity index (χ3n) is 2.03. The number of methoxy groups -OCH3 is 1. The number of ether oxygens (including phenoxy) is 1. The molecule has 0 aliphatic carbocycles. The Labute approximate surface area is 98.0 Å². The molecule has 0 bridgehead atoms. The van der Waals surface area contributed by atoms with Gasteiger partial charge in [-0.25, -0.2) is 0 Å². The van der Waals surface area contributed by atoms with Crippen molar-refractivity contribution < 1.29 is 19.1 Å². The topological polar surface area (TPSA) is 79.8 Å². The molecule has 0 aliphatic rings. The zero-order valence-corrected chi connectivity index (χ0v) is 9.16. The van der Waals surface area contributed by atoms with Gasteiger partial charge in [0.1, 0.15) is 12.0 Å². The van der Waals surface area contributed by atoms with E-state index in [2.05, 4.69) is 4.79 Å². The maximum Gasteiger partial charge on any atom is 0.362 e. The highest BCUT2D eigenvalue weighted by atomic mass is 16.5. The number of allylic oxidation sites excluding steroid dienone is 2. The van der Waals surface area contributed by atoms with Gasteiger partial charge in [-0.2, -0.15) is 4.79 Å². The Bertz CT molecular complexity index is 497. The second kappa shape index (κ2) is 6.15. The number of aldehydes is 1. The zero-order valence-electron chi connectivity index (χ0n) is 9.16. The first-order chi connectivity index (χ1) is 8.22. The van der Waals surface area contributed by atoms with E-state index in [1.54, 1.807) is 24.3 Å². The number of nitrogens with zero attached hydrogens (tertiary/aromatic N) is 2. The van der Waals surface area contributed by atoms with Crippen molar-refractivity contribution in [1.82, 2.24) is 0 Å². The molecule has 0 atom stereocenters. The van der Waals surface area contributed by atoms with E-state index in [9.17, 15) is 9.59 Å². The first kappa shape index (κ1) is 12.5. The van der Waals surface area contributed by atoms with Crippen LogP contribution in [0.1, 0.15) is 10.4 Å². The molecule has 0 heterocycles. The number of hydrogen-bond donors (Lipinski definition) is 0. The van der Waals surface area contributed by atoms with E-state index in [0.717, 1.165) is 12.2 Å². The SMILES string of the molecule is COc1ccc(C(=O)C(/C=C/C=O)=[N+]=[N-])cc1. The van der Waals surface area contributed by atoms with Crippen molar-refractivity contribution in [1.29, 1.82) is 0 Å². The molecule has 1 aromatic rings. The molecule has 0 spiro atoms. The summed E-state index contributed by atoms with van der Waals surface area (Å²) in [6.07, 6.45) is 2.71. The summed E-state index contributed by atoms with van der Waals surface area (Å²) in [7, 11) is 1.52. The molecule has 0 N–H and O–H groups in total. The summed E-state index contributed by atoms with van der Waals surface area (Å²) in [6, 6.07) is 6.32. The van der Waals surface area contributed by atoms with Crippen LogP contribution in [0.2, 0.25) is 0 Å². The Hall–Kier alpha value is -2.52. The monoisotopic (exact) mass is 230 g/mol. The van der Waals surface area contributed by atoms with Gasteiger partial charge in [0.25, 0.3) is 5.78 Å². The predicted molar refractivity (Wildman–Crippen MR) is 61.2 cm³/mol. The van der Waals surface area contributed by atoms with Crippen LogP contribution in [-0.2, 0) is 4.79 Å². The van der Waals surface area contributed by atoms with Crippen LogP contribution in [0.3, 0.4) is 0 Å². The summed E-state index contributed by atoms with van der Waals surface area (Å²) in [5.74, 6) is 0.140. The van der Waals surface area contributed by atoms with Crippen molar-refractivity contribution in [2.75, 3.05) is 7.11 Å². The molecular formula is C12H10N2O3. The minimum Gasteiger partial charge on any atom is -0.497 e. The number of carbonyl (C=O) groups is 2. The highest BCUT2D eigenvalue weighted by Gasteiger charge is 2.18. The fraction of sp³-hybridized carbons (Fsp3) is 0.0833. The van der Waals surface area contributed by atoms with Crippen LogP contribution < -0.4 is 4.74 Å². The summed E-state index contributed by atoms with van der Waals surface area (Å²) < 4.78 is 4.95. The number of benzene rings is 1. The third kappa shape index (κ3) is 3.22. The van der Waals surface area contributed by atoms with Crippen LogP contribution in [0.15, 0.2) is 36.4 Å². The minimum atomic E-state index is -0.478. The smallest absolute Gasteiger partial charge is 0.362 e. The lowest BCUT2D eigenvalue weighted by molar-refractivity contribution is -0.104. The van der Waals surface area contributed by atoms with Crippen LogP contribution >= 0.6 is 0 Å². The van der Waals surface area contributed by atoms with Crippen LogP contribution in [-0.4, -0.2) is 29.7 Å². The van der Waals surface area contributed by atoms with Gasteiger partial charge < -0.3 is 10.3 Å². The van der Waals surface area contributed by atoms with Crippen LogP contribution in [0.5, 0.6) is 5.75 Å². The van der Waals surface area contributed by atoms with E-state index < -0.39 is 5.78 Å². The van der Waals surface area contributed by atoms with Gasteiger partial charge >= 0.3 is 5.71 Å². The molecular weight excluding hydrogens is 220 g/mol. The Morgan fingerprint density at radius 1 is 1.35 bits per heavy atom. The molecule has 0 aliphatic heterocycles. The first-order valence-corrected chi connectivity index (χ1v) is 4.75. The molecule has 1 rings (SSSR count). The van der Waals surface area contributed by atoms with Crippen molar-refractivity contribution >= 4 is 17.8 Å². The maximum absolute atomic E-state index is 11.8. The summed E-state index contributed by atoms with van der Waals surface area (Å²) >= 11 is 0. The zero-order chi connectivity index (χ0) is 12.7. The van der Waals surface area contributed by atoms with Gasteiger partial charge in [-0.3, -0.25) is 9.59 Å². The maximum atomic E-state index is 11.8. The largest absolute Gasteiger partial charge is 0.497 e. The third-order valence-corrected chi connectivity index (χ3v) is 2.03. The average Bonchev–Trinajstić information content (AvgIpc) is 2.39. The number of hydrogen-bond acceptors (Lipinski definition) is 3.